The highest BCUT2D eigenvalue weighted by Gasteiger charge is 2.39. The summed E-state index contributed by atoms with van der Waals surface area (Å²) in [5.41, 5.74) is 12.8. The number of aromatic nitrogens is 1. The van der Waals surface area contributed by atoms with E-state index in [1.807, 2.05) is 45.3 Å². The van der Waals surface area contributed by atoms with E-state index in [2.05, 4.69) is 59.7 Å². The number of aliphatic carboxylic acids is 4. The Morgan fingerprint density at radius 1 is 0.641 bits per heavy atom. The Kier molecular flexibility index (Phi) is 48.1. The Morgan fingerprint density at radius 3 is 1.88 bits per heavy atom. The van der Waals surface area contributed by atoms with Gasteiger partial charge < -0.3 is 98.2 Å². The van der Waals surface area contributed by atoms with E-state index in [-0.39, 0.29) is 117 Å². The van der Waals surface area contributed by atoms with Crippen LogP contribution in [0.4, 0.5) is 9.59 Å². The molecule has 5 rings (SSSR count). The summed E-state index contributed by atoms with van der Waals surface area (Å²) >= 11 is 1.05. The zero-order valence-electron chi connectivity index (χ0n) is 73.6. The number of carbonyl (C=O) groups excluding carboxylic acids is 12. The first-order valence-electron chi connectivity index (χ1n) is 42.9. The van der Waals surface area contributed by atoms with Gasteiger partial charge in [-0.1, -0.05) is 149 Å². The molecule has 1 saturated heterocycles. The molecule has 128 heavy (non-hydrogen) atoms. The van der Waals surface area contributed by atoms with Crippen molar-refractivity contribution in [1.82, 2.24) is 68.2 Å². The lowest BCUT2D eigenvalue weighted by atomic mass is 9.89. The lowest BCUT2D eigenvalue weighted by Crippen LogP contribution is -2.57. The highest BCUT2D eigenvalue weighted by atomic mass is 33.1. The molecule has 41 heteroatoms. The lowest BCUT2D eigenvalue weighted by molar-refractivity contribution is -0.159. The van der Waals surface area contributed by atoms with Crippen LogP contribution in [0.1, 0.15) is 189 Å². The quantitative estimate of drug-likeness (QED) is 0.00874. The predicted molar refractivity (Wildman–Crippen MR) is 476 cm³/mol. The summed E-state index contributed by atoms with van der Waals surface area (Å²) in [6, 6.07) is 14.0. The number of piperidine rings is 1. The molecule has 4 aromatic rings. The number of aromatic hydroxyl groups is 1. The smallest absolute Gasteiger partial charge is 0.426 e. The number of thiazole rings is 1. The molecular weight excluding hydrogens is 1720 g/mol. The van der Waals surface area contributed by atoms with Crippen LogP contribution in [0.25, 0.3) is 0 Å². The van der Waals surface area contributed by atoms with Crippen molar-refractivity contribution in [2.24, 2.45) is 35.3 Å². The monoisotopic (exact) mass is 1850 g/mol. The fraction of sp³-hybridized carbons (Fsp3) is 0.575. The van der Waals surface area contributed by atoms with Crippen LogP contribution in [-0.4, -0.2) is 253 Å². The predicted octanol–water partition coefficient (Wildman–Crippen LogP) is 5.32. The van der Waals surface area contributed by atoms with Crippen molar-refractivity contribution in [3.63, 3.8) is 0 Å². The van der Waals surface area contributed by atoms with E-state index in [1.165, 1.54) is 39.1 Å². The normalized spacial score (nSPS) is 15.7. The number of esters is 1. The molecule has 1 unspecified atom stereocenters. The largest absolute Gasteiger partial charge is 0.508 e. The molecule has 38 nitrogen and oxygen atoms in total. The highest BCUT2D eigenvalue weighted by Crippen LogP contribution is 2.31. The van der Waals surface area contributed by atoms with Crippen molar-refractivity contribution >= 4 is 128 Å². The number of hydrazine groups is 1. The Morgan fingerprint density at radius 2 is 1.27 bits per heavy atom. The van der Waals surface area contributed by atoms with Gasteiger partial charge in [0.25, 0.3) is 5.91 Å². The summed E-state index contributed by atoms with van der Waals surface area (Å²) in [6.07, 6.45) is -1.68. The molecule has 2 heterocycles. The van der Waals surface area contributed by atoms with Crippen molar-refractivity contribution in [2.45, 2.75) is 231 Å². The van der Waals surface area contributed by atoms with E-state index in [9.17, 15) is 102 Å². The summed E-state index contributed by atoms with van der Waals surface area (Å²) in [6.45, 7) is 13.3. The average Bonchev–Trinajstić information content (AvgIpc) is 1.59. The number of phenolic OH excluding ortho intramolecular Hbond substituents is 1. The minimum atomic E-state index is -1.68. The molecule has 0 bridgehead atoms. The SMILES string of the molecule is CCCC(=O)OCN(C(=O)[C@@H](NC[C@H]1CCCCN1C)C(C)CC)[C@H](C[C@@H](O)c1nc(C(=O)N[C@@H](Cc2ccc(O)cc2)C[C@H](C)C(=O)NNC(=O)OCCSSC[C@H](C)NC(=O)[C@H](CC(=O)O)CC(=O)[C@@H](N)CNC(=O)[C@@H](CC(=O)[C@H](Cc2ccccc2)NC(=O)CCNC(=O)CC[C@H](NC(=O)N[C@@H](CCC(=O)O)C(=O)O)C(=O)O)Cc2ccccc2)cs1)C(C)C. The molecule has 1 fully saturated rings. The maximum Gasteiger partial charge on any atom is 0.426 e. The number of ketones is 2. The first-order chi connectivity index (χ1) is 60.8. The van der Waals surface area contributed by atoms with Crippen LogP contribution in [0.2, 0.25) is 0 Å². The van der Waals surface area contributed by atoms with Crippen LogP contribution in [0.5, 0.6) is 5.75 Å². The van der Waals surface area contributed by atoms with Gasteiger partial charge in [0.05, 0.1) is 30.5 Å². The Balaban J connectivity index is 1.09. The number of hydrogen-bond donors (Lipinski definition) is 17. The third kappa shape index (κ3) is 40.2. The number of nitrogens with one attached hydrogen (secondary N) is 10. The van der Waals surface area contributed by atoms with Crippen LogP contribution in [0, 0.1) is 29.6 Å². The molecule has 18 N–H and O–H groups in total. The van der Waals surface area contributed by atoms with Gasteiger partial charge in [-0.2, -0.15) is 0 Å². The van der Waals surface area contributed by atoms with E-state index in [1.54, 1.807) is 91.5 Å². The van der Waals surface area contributed by atoms with Gasteiger partial charge in [-0.25, -0.2) is 29.6 Å². The van der Waals surface area contributed by atoms with Crippen molar-refractivity contribution in [1.29, 1.82) is 0 Å². The van der Waals surface area contributed by atoms with Crippen LogP contribution in [-0.2, 0) is 91.1 Å². The number of aliphatic hydroxyl groups excluding tert-OH is 1. The number of nitrogens with zero attached hydrogens (tertiary/aromatic N) is 3. The molecule has 0 spiro atoms. The van der Waals surface area contributed by atoms with E-state index < -0.39 is 213 Å². The second kappa shape index (κ2) is 57.2. The number of benzene rings is 3. The third-order valence-corrected chi connectivity index (χ3v) is 25.0. The van der Waals surface area contributed by atoms with Crippen molar-refractivity contribution in [3.8, 4) is 5.75 Å². The maximum absolute atomic E-state index is 14.9. The molecule has 10 amide bonds. The number of rotatable bonds is 59. The van der Waals surface area contributed by atoms with Gasteiger partial charge in [0.2, 0.25) is 35.4 Å². The first-order valence-corrected chi connectivity index (χ1v) is 46.3. The molecular formula is C87H126N14O24S3. The standard InChI is InChI=1S/C87H126N14O24S3/c1-9-19-76(112)125-50-101(83(117)77(52(5)10-2)90-46-61-24-17-18-35-100(61)8)68(51(3)4)45-71(105)82-95-67(49-126-82)81(116)93-60(40-57-25-27-62(102)28-26-57)38-53(6)78(113)98-99-87(123)124-36-37-127-128-48-54(7)92-80(115)59(44-75(110)111)42-69(103)63(88)47-91-79(114)58(39-55-20-13-11-14-21-55)43-70(104)66(41-56-22-15-12-16-23-56)94-73(107)33-34-89-72(106)31-29-64(84(118)119)96-86(122)97-65(85(120)121)30-32-74(108)109/h11-16,20-23,25-28,49,51-54,58-61,63-66,68,71,77,90,102,105H,9-10,17-19,24,29-48,50,88H2,1-8H3,(H,89,106)(H,91,114)(H,92,115)(H,93,116)(H,94,107)(H,98,113)(H,99,123)(H,108,109)(H,110,111)(H,118,119)(H,120,121)(H2,96,97,122)/t52?,53-,54-,58+,59-,60+,61+,63-,64-,65-,66-,68+,71+,77-/m0/s1. The van der Waals surface area contributed by atoms with Crippen LogP contribution in [0.3, 0.4) is 0 Å². The Hall–Kier alpha value is -10.9. The van der Waals surface area contributed by atoms with Gasteiger partial charge in [0.1, 0.15) is 41.2 Å². The fourth-order valence-electron chi connectivity index (χ4n) is 14.0. The molecule has 3 aromatic carbocycles. The fourth-order valence-corrected chi connectivity index (χ4v) is 16.9. The Labute approximate surface area is 756 Å². The van der Waals surface area contributed by atoms with E-state index in [4.69, 9.17) is 20.3 Å². The van der Waals surface area contributed by atoms with E-state index >= 15 is 0 Å². The van der Waals surface area contributed by atoms with Crippen molar-refractivity contribution in [2.75, 3.05) is 58.1 Å². The number of likely N-dealkylation sites (N-methyl/N-ethyl adjacent to an activating group) is 1. The average molecular weight is 1850 g/mol. The summed E-state index contributed by atoms with van der Waals surface area (Å²) in [7, 11) is 4.62. The van der Waals surface area contributed by atoms with Crippen molar-refractivity contribution < 1.29 is 117 Å². The molecule has 0 aliphatic carbocycles. The molecule has 1 aromatic heterocycles. The third-order valence-electron chi connectivity index (χ3n) is 21.6. The van der Waals surface area contributed by atoms with Gasteiger partial charge in [-0.05, 0) is 119 Å². The minimum Gasteiger partial charge on any atom is -0.508 e. The van der Waals surface area contributed by atoms with Crippen molar-refractivity contribution in [3.05, 3.63) is 118 Å². The number of likely N-dealkylation sites (tertiary alicyclic amines) is 1. The first kappa shape index (κ1) is 108. The number of phenols is 1. The zero-order chi connectivity index (χ0) is 94.5. The van der Waals surface area contributed by atoms with Gasteiger partial charge in [-0.15, -0.1) is 11.3 Å². The number of ether oxygens (including phenoxy) is 2. The maximum atomic E-state index is 14.9. The van der Waals surface area contributed by atoms with Gasteiger partial charge >= 0.3 is 42.0 Å². The molecule has 0 radical (unpaired) electrons. The number of hydrogen-bond acceptors (Lipinski definition) is 27. The van der Waals surface area contributed by atoms with Crippen LogP contribution in [0.15, 0.2) is 90.3 Å². The number of carboxylic acids is 4. The summed E-state index contributed by atoms with van der Waals surface area (Å²) in [4.78, 5) is 217. The lowest BCUT2D eigenvalue weighted by Gasteiger charge is -2.39. The summed E-state index contributed by atoms with van der Waals surface area (Å²) in [5, 5.41) is 82.4. The number of Topliss-reactive ketones (excluding diaryl/α,β-unsaturated/α-hetero) is 2. The van der Waals surface area contributed by atoms with E-state index in [0.29, 0.717) is 36.1 Å². The summed E-state index contributed by atoms with van der Waals surface area (Å²) in [5.74, 6) is -15.2. The topological polar surface area (TPSA) is 579 Å². The van der Waals surface area contributed by atoms with Crippen LogP contribution >= 0.6 is 32.9 Å². The number of carbonyl (C=O) groups is 16. The highest BCUT2D eigenvalue weighted by molar-refractivity contribution is 8.76. The number of urea groups is 1. The summed E-state index contributed by atoms with van der Waals surface area (Å²) < 4.78 is 11.0. The second-order valence-electron chi connectivity index (χ2n) is 32.3. The molecule has 1 aliphatic heterocycles. The molecule has 0 saturated carbocycles. The molecule has 14 atom stereocenters. The van der Waals surface area contributed by atoms with E-state index in [0.717, 1.165) is 37.1 Å². The van der Waals surface area contributed by atoms with Gasteiger partial charge in [0, 0.05) is 117 Å². The van der Waals surface area contributed by atoms with Gasteiger partial charge in [0.15, 0.2) is 18.3 Å². The molecule has 706 valence electrons. The number of amides is 10. The second-order valence-corrected chi connectivity index (χ2v) is 35.9. The number of carboxylic acid groups (broad SMARTS) is 4. The molecule has 1 aliphatic rings. The van der Waals surface area contributed by atoms with Gasteiger partial charge in [-0.3, -0.25) is 63.0 Å². The van der Waals surface area contributed by atoms with Crippen LogP contribution < -0.4 is 59.1 Å². The number of aliphatic hydroxyl groups is 1. The number of nitrogens with two attached hydrogens (primary N) is 1. The zero-order valence-corrected chi connectivity index (χ0v) is 76.0. The Bertz CT molecular complexity index is 4290. The minimum absolute atomic E-state index is 0.00249.